The van der Waals surface area contributed by atoms with Crippen molar-refractivity contribution < 1.29 is 4.74 Å². The highest BCUT2D eigenvalue weighted by Gasteiger charge is 2.28. The van der Waals surface area contributed by atoms with Gasteiger partial charge in [0, 0.05) is 25.7 Å². The van der Waals surface area contributed by atoms with Gasteiger partial charge in [0.15, 0.2) is 0 Å². The van der Waals surface area contributed by atoms with Crippen LogP contribution in [0.25, 0.3) is 0 Å². The molecule has 1 aliphatic carbocycles. The van der Waals surface area contributed by atoms with Crippen molar-refractivity contribution >= 4 is 0 Å². The van der Waals surface area contributed by atoms with Crippen LogP contribution < -0.4 is 5.73 Å². The Morgan fingerprint density at radius 3 is 2.75 bits per heavy atom. The fourth-order valence-electron chi connectivity index (χ4n) is 3.17. The fourth-order valence-corrected chi connectivity index (χ4v) is 3.17. The van der Waals surface area contributed by atoms with Crippen molar-refractivity contribution in [2.24, 2.45) is 11.7 Å². The van der Waals surface area contributed by atoms with Gasteiger partial charge in [-0.05, 0) is 25.7 Å². The summed E-state index contributed by atoms with van der Waals surface area (Å²) in [6.07, 6.45) is 7.41. The Hall–Kier alpha value is -0.120. The molecule has 0 radical (unpaired) electrons. The number of nitrogens with zero attached hydrogens (tertiary/aromatic N) is 1. The minimum atomic E-state index is 0.264. The maximum Gasteiger partial charge on any atom is 0.0824 e. The largest absolute Gasteiger partial charge is 0.374 e. The third kappa shape index (κ3) is 2.96. The molecule has 2 aliphatic rings. The van der Waals surface area contributed by atoms with Crippen LogP contribution in [0.15, 0.2) is 0 Å². The lowest BCUT2D eigenvalue weighted by molar-refractivity contribution is -0.0468. The molecule has 1 aliphatic heterocycles. The quantitative estimate of drug-likeness (QED) is 0.794. The zero-order chi connectivity index (χ0) is 11.4. The minimum Gasteiger partial charge on any atom is -0.374 e. The SMILES string of the molecule is CC(C1CCCCC1)N1CCOC(CN)C1. The molecule has 2 rings (SSSR count). The van der Waals surface area contributed by atoms with Crippen LogP contribution in [0.1, 0.15) is 39.0 Å². The van der Waals surface area contributed by atoms with Gasteiger partial charge in [0.05, 0.1) is 12.7 Å². The minimum absolute atomic E-state index is 0.264. The Kier molecular flexibility index (Phi) is 4.62. The highest BCUT2D eigenvalue weighted by Crippen LogP contribution is 2.29. The maximum atomic E-state index is 5.69. The summed E-state index contributed by atoms with van der Waals surface area (Å²) in [7, 11) is 0. The molecule has 0 amide bonds. The van der Waals surface area contributed by atoms with E-state index in [0.717, 1.165) is 31.7 Å². The van der Waals surface area contributed by atoms with Crippen LogP contribution >= 0.6 is 0 Å². The molecule has 0 spiro atoms. The van der Waals surface area contributed by atoms with Crippen LogP contribution in [0.4, 0.5) is 0 Å². The van der Waals surface area contributed by atoms with Crippen LogP contribution in [-0.4, -0.2) is 43.3 Å². The molecule has 3 heteroatoms. The van der Waals surface area contributed by atoms with Crippen molar-refractivity contribution in [1.29, 1.82) is 0 Å². The van der Waals surface area contributed by atoms with Crippen LogP contribution in [0.3, 0.4) is 0 Å². The Balaban J connectivity index is 1.84. The lowest BCUT2D eigenvalue weighted by Gasteiger charge is -2.41. The molecule has 2 unspecified atom stereocenters. The number of hydrogen-bond donors (Lipinski definition) is 1. The molecule has 16 heavy (non-hydrogen) atoms. The molecule has 1 heterocycles. The third-order valence-corrected chi connectivity index (χ3v) is 4.34. The molecule has 94 valence electrons. The number of ether oxygens (including phenoxy) is 1. The Bertz CT molecular complexity index is 204. The second-order valence-electron chi connectivity index (χ2n) is 5.36. The van der Waals surface area contributed by atoms with E-state index in [9.17, 15) is 0 Å². The molecule has 3 nitrogen and oxygen atoms in total. The molecule has 0 aromatic carbocycles. The summed E-state index contributed by atoms with van der Waals surface area (Å²) in [4.78, 5) is 2.59. The summed E-state index contributed by atoms with van der Waals surface area (Å²) in [5, 5.41) is 0. The van der Waals surface area contributed by atoms with Crippen LogP contribution in [0, 0.1) is 5.92 Å². The summed E-state index contributed by atoms with van der Waals surface area (Å²) in [6, 6.07) is 0.721. The van der Waals surface area contributed by atoms with Crippen molar-refractivity contribution in [3.05, 3.63) is 0 Å². The zero-order valence-electron chi connectivity index (χ0n) is 10.5. The fraction of sp³-hybridized carbons (Fsp3) is 1.00. The molecule has 2 atom stereocenters. The first-order valence-electron chi connectivity index (χ1n) is 6.87. The standard InChI is InChI=1S/C13H26N2O/c1-11(12-5-3-2-4-6-12)15-7-8-16-13(9-14)10-15/h11-13H,2-10,14H2,1H3. The van der Waals surface area contributed by atoms with Gasteiger partial charge in [-0.2, -0.15) is 0 Å². The van der Waals surface area contributed by atoms with Crippen molar-refractivity contribution in [3.63, 3.8) is 0 Å². The first-order valence-corrected chi connectivity index (χ1v) is 6.87. The third-order valence-electron chi connectivity index (χ3n) is 4.34. The van der Waals surface area contributed by atoms with Gasteiger partial charge in [0.25, 0.3) is 0 Å². The topological polar surface area (TPSA) is 38.5 Å². The van der Waals surface area contributed by atoms with E-state index in [2.05, 4.69) is 11.8 Å². The molecular formula is C13H26N2O. The average Bonchev–Trinajstić information content (AvgIpc) is 2.39. The monoisotopic (exact) mass is 226 g/mol. The zero-order valence-corrected chi connectivity index (χ0v) is 10.5. The second-order valence-corrected chi connectivity index (χ2v) is 5.36. The smallest absolute Gasteiger partial charge is 0.0824 e. The Labute approximate surface area is 99.3 Å². The first-order chi connectivity index (χ1) is 7.81. The molecule has 2 N–H and O–H groups in total. The van der Waals surface area contributed by atoms with Crippen molar-refractivity contribution in [2.45, 2.75) is 51.2 Å². The summed E-state index contributed by atoms with van der Waals surface area (Å²) in [6.45, 7) is 6.05. The predicted molar refractivity (Wildman–Crippen MR) is 66.4 cm³/mol. The number of nitrogens with two attached hydrogens (primary N) is 1. The van der Waals surface area contributed by atoms with Crippen LogP contribution in [0.2, 0.25) is 0 Å². The maximum absolute atomic E-state index is 5.69. The van der Waals surface area contributed by atoms with Gasteiger partial charge in [0.2, 0.25) is 0 Å². The lowest BCUT2D eigenvalue weighted by Crippen LogP contribution is -2.51. The van der Waals surface area contributed by atoms with E-state index in [4.69, 9.17) is 10.5 Å². The highest BCUT2D eigenvalue weighted by atomic mass is 16.5. The molecule has 0 aromatic heterocycles. The number of hydrogen-bond acceptors (Lipinski definition) is 3. The van der Waals surface area contributed by atoms with E-state index in [0.29, 0.717) is 6.54 Å². The molecule has 1 saturated heterocycles. The van der Waals surface area contributed by atoms with E-state index in [1.807, 2.05) is 0 Å². The summed E-state index contributed by atoms with van der Waals surface area (Å²) in [5.74, 6) is 0.908. The Morgan fingerprint density at radius 2 is 2.06 bits per heavy atom. The van der Waals surface area contributed by atoms with Crippen LogP contribution in [-0.2, 0) is 4.74 Å². The predicted octanol–water partition coefficient (Wildman–Crippen LogP) is 1.61. The highest BCUT2D eigenvalue weighted by molar-refractivity contribution is 4.82. The van der Waals surface area contributed by atoms with Gasteiger partial charge in [-0.25, -0.2) is 0 Å². The van der Waals surface area contributed by atoms with Gasteiger partial charge < -0.3 is 10.5 Å². The second kappa shape index (κ2) is 5.99. The van der Waals surface area contributed by atoms with E-state index in [-0.39, 0.29) is 6.10 Å². The lowest BCUT2D eigenvalue weighted by atomic mass is 9.84. The Morgan fingerprint density at radius 1 is 1.31 bits per heavy atom. The van der Waals surface area contributed by atoms with E-state index in [1.54, 1.807) is 0 Å². The normalized spacial score (nSPS) is 31.5. The van der Waals surface area contributed by atoms with Gasteiger partial charge in [-0.15, -0.1) is 0 Å². The van der Waals surface area contributed by atoms with Gasteiger partial charge in [0.1, 0.15) is 0 Å². The van der Waals surface area contributed by atoms with E-state index >= 15 is 0 Å². The van der Waals surface area contributed by atoms with E-state index < -0.39 is 0 Å². The molecule has 2 fully saturated rings. The summed E-state index contributed by atoms with van der Waals surface area (Å²) < 4.78 is 5.63. The molecular weight excluding hydrogens is 200 g/mol. The van der Waals surface area contributed by atoms with Gasteiger partial charge in [-0.3, -0.25) is 4.90 Å². The number of rotatable bonds is 3. The van der Waals surface area contributed by atoms with Crippen molar-refractivity contribution in [2.75, 3.05) is 26.2 Å². The van der Waals surface area contributed by atoms with Crippen LogP contribution in [0.5, 0.6) is 0 Å². The summed E-state index contributed by atoms with van der Waals surface area (Å²) >= 11 is 0. The molecule has 0 aromatic rings. The van der Waals surface area contributed by atoms with Crippen molar-refractivity contribution in [3.8, 4) is 0 Å². The number of morpholine rings is 1. The summed E-state index contributed by atoms with van der Waals surface area (Å²) in [5.41, 5.74) is 5.69. The van der Waals surface area contributed by atoms with Gasteiger partial charge in [-0.1, -0.05) is 19.3 Å². The van der Waals surface area contributed by atoms with Crippen molar-refractivity contribution in [1.82, 2.24) is 4.90 Å². The first kappa shape index (κ1) is 12.3. The molecule has 0 bridgehead atoms. The molecule has 1 saturated carbocycles. The average molecular weight is 226 g/mol. The van der Waals surface area contributed by atoms with Gasteiger partial charge >= 0.3 is 0 Å². The van der Waals surface area contributed by atoms with E-state index in [1.165, 1.54) is 32.1 Å².